The Kier molecular flexibility index (Phi) is 3.01. The van der Waals surface area contributed by atoms with Crippen molar-refractivity contribution in [2.75, 3.05) is 32.7 Å². The van der Waals surface area contributed by atoms with E-state index in [1.54, 1.807) is 0 Å². The molecule has 4 rings (SSSR count). The smallest absolute Gasteiger partial charge is 0.234 e. The molecule has 4 fully saturated rings. The first-order chi connectivity index (χ1) is 9.31. The summed E-state index contributed by atoms with van der Waals surface area (Å²) >= 11 is 0. The molecule has 4 atom stereocenters. The summed E-state index contributed by atoms with van der Waals surface area (Å²) in [4.78, 5) is 16.6. The molecule has 4 aliphatic heterocycles. The second-order valence-electron chi connectivity index (χ2n) is 6.60. The average molecular weight is 264 g/mol. The Morgan fingerprint density at radius 1 is 1.21 bits per heavy atom. The van der Waals surface area contributed by atoms with E-state index in [0.717, 1.165) is 19.1 Å². The molecular formula is C14H24N4O. The summed E-state index contributed by atoms with van der Waals surface area (Å²) in [7, 11) is 0. The van der Waals surface area contributed by atoms with Gasteiger partial charge in [0.2, 0.25) is 5.91 Å². The lowest BCUT2D eigenvalue weighted by Crippen LogP contribution is -2.57. The van der Waals surface area contributed by atoms with Crippen LogP contribution in [0, 0.1) is 5.92 Å². The molecule has 0 saturated carbocycles. The molecule has 4 unspecified atom stereocenters. The maximum Gasteiger partial charge on any atom is 0.234 e. The highest BCUT2D eigenvalue weighted by Gasteiger charge is 2.44. The maximum atomic E-state index is 11.5. The summed E-state index contributed by atoms with van der Waals surface area (Å²) in [5.41, 5.74) is 0. The van der Waals surface area contributed by atoms with Gasteiger partial charge in [0.05, 0.1) is 12.7 Å². The van der Waals surface area contributed by atoms with E-state index in [-0.39, 0.29) is 5.91 Å². The standard InChI is InChI=1S/C14H24N4O/c19-13-9-17-8-10(6-12(17)7-16-13)14-15-4-3-11-2-1-5-18(11)14/h10-12,14-15H,1-9H2,(H,16,19). The first-order valence-corrected chi connectivity index (χ1v) is 7.81. The third kappa shape index (κ3) is 2.08. The monoisotopic (exact) mass is 264 g/mol. The number of nitrogens with zero attached hydrogens (tertiary/aromatic N) is 2. The zero-order chi connectivity index (χ0) is 12.8. The van der Waals surface area contributed by atoms with Gasteiger partial charge in [0.15, 0.2) is 0 Å². The SMILES string of the molecule is O=C1CN2CC(C3NCCC4CCCN43)CC2CN1. The van der Waals surface area contributed by atoms with Crippen molar-refractivity contribution >= 4 is 5.91 Å². The number of hydrogen-bond donors (Lipinski definition) is 2. The highest BCUT2D eigenvalue weighted by Crippen LogP contribution is 2.33. The van der Waals surface area contributed by atoms with Gasteiger partial charge in [0.1, 0.15) is 0 Å². The normalized spacial score (nSPS) is 43.9. The molecule has 0 bridgehead atoms. The molecule has 4 saturated heterocycles. The van der Waals surface area contributed by atoms with E-state index in [2.05, 4.69) is 20.4 Å². The number of nitrogens with one attached hydrogen (secondary N) is 2. The van der Waals surface area contributed by atoms with Crippen molar-refractivity contribution < 1.29 is 4.79 Å². The van der Waals surface area contributed by atoms with Gasteiger partial charge in [0, 0.05) is 31.1 Å². The van der Waals surface area contributed by atoms with Crippen LogP contribution >= 0.6 is 0 Å². The van der Waals surface area contributed by atoms with Crippen molar-refractivity contribution in [3.63, 3.8) is 0 Å². The number of hydrogen-bond acceptors (Lipinski definition) is 4. The van der Waals surface area contributed by atoms with Gasteiger partial charge in [-0.25, -0.2) is 0 Å². The Hall–Kier alpha value is -0.650. The number of carbonyl (C=O) groups excluding carboxylic acids is 1. The van der Waals surface area contributed by atoms with Gasteiger partial charge in [-0.15, -0.1) is 0 Å². The first-order valence-electron chi connectivity index (χ1n) is 7.81. The van der Waals surface area contributed by atoms with Crippen LogP contribution in [0.4, 0.5) is 0 Å². The highest BCUT2D eigenvalue weighted by molar-refractivity contribution is 5.79. The summed E-state index contributed by atoms with van der Waals surface area (Å²) in [6.45, 7) is 4.99. The van der Waals surface area contributed by atoms with Crippen LogP contribution < -0.4 is 10.6 Å². The van der Waals surface area contributed by atoms with Gasteiger partial charge in [-0.2, -0.15) is 0 Å². The summed E-state index contributed by atoms with van der Waals surface area (Å²) in [6, 6.07) is 1.40. The minimum atomic E-state index is 0.201. The zero-order valence-electron chi connectivity index (χ0n) is 11.5. The average Bonchev–Trinajstić information content (AvgIpc) is 3.03. The fourth-order valence-electron chi connectivity index (χ4n) is 4.62. The lowest BCUT2D eigenvalue weighted by molar-refractivity contribution is -0.124. The largest absolute Gasteiger partial charge is 0.353 e. The van der Waals surface area contributed by atoms with Gasteiger partial charge < -0.3 is 10.6 Å². The Morgan fingerprint density at radius 3 is 3.11 bits per heavy atom. The Morgan fingerprint density at radius 2 is 2.16 bits per heavy atom. The van der Waals surface area contributed by atoms with E-state index in [1.165, 1.54) is 38.8 Å². The fraction of sp³-hybridized carbons (Fsp3) is 0.929. The number of carbonyl (C=O) groups is 1. The third-order valence-corrected chi connectivity index (χ3v) is 5.50. The van der Waals surface area contributed by atoms with Crippen LogP contribution in [0.15, 0.2) is 0 Å². The van der Waals surface area contributed by atoms with Crippen molar-refractivity contribution in [1.29, 1.82) is 0 Å². The molecule has 0 radical (unpaired) electrons. The van der Waals surface area contributed by atoms with Gasteiger partial charge in [-0.05, 0) is 38.8 Å². The van der Waals surface area contributed by atoms with Crippen LogP contribution in [-0.4, -0.2) is 66.7 Å². The molecule has 0 aliphatic carbocycles. The lowest BCUT2D eigenvalue weighted by atomic mass is 9.97. The van der Waals surface area contributed by atoms with Gasteiger partial charge in [-0.3, -0.25) is 14.6 Å². The summed E-state index contributed by atoms with van der Waals surface area (Å²) in [6.07, 6.45) is 5.86. The topological polar surface area (TPSA) is 47.6 Å². The predicted molar refractivity (Wildman–Crippen MR) is 72.6 cm³/mol. The van der Waals surface area contributed by atoms with E-state index in [4.69, 9.17) is 0 Å². The number of rotatable bonds is 1. The van der Waals surface area contributed by atoms with Crippen molar-refractivity contribution in [3.05, 3.63) is 0 Å². The molecule has 0 spiro atoms. The minimum Gasteiger partial charge on any atom is -0.353 e. The van der Waals surface area contributed by atoms with Crippen molar-refractivity contribution in [1.82, 2.24) is 20.4 Å². The van der Waals surface area contributed by atoms with Crippen LogP contribution in [0.5, 0.6) is 0 Å². The van der Waals surface area contributed by atoms with E-state index >= 15 is 0 Å². The van der Waals surface area contributed by atoms with E-state index in [9.17, 15) is 4.79 Å². The molecule has 4 aliphatic rings. The van der Waals surface area contributed by atoms with Crippen LogP contribution in [0.25, 0.3) is 0 Å². The molecule has 0 aromatic rings. The quantitative estimate of drug-likeness (QED) is 0.676. The molecule has 2 N–H and O–H groups in total. The van der Waals surface area contributed by atoms with Gasteiger partial charge in [0.25, 0.3) is 0 Å². The lowest BCUT2D eigenvalue weighted by Gasteiger charge is -2.41. The van der Waals surface area contributed by atoms with Crippen molar-refractivity contribution in [2.45, 2.75) is 43.9 Å². The van der Waals surface area contributed by atoms with E-state index in [0.29, 0.717) is 24.7 Å². The minimum absolute atomic E-state index is 0.201. The molecule has 5 heteroatoms. The number of piperazine rings is 1. The van der Waals surface area contributed by atoms with Gasteiger partial charge >= 0.3 is 0 Å². The molecule has 19 heavy (non-hydrogen) atoms. The third-order valence-electron chi connectivity index (χ3n) is 5.50. The summed E-state index contributed by atoms with van der Waals surface area (Å²) in [5, 5.41) is 6.76. The van der Waals surface area contributed by atoms with Crippen molar-refractivity contribution in [3.8, 4) is 0 Å². The molecule has 4 heterocycles. The van der Waals surface area contributed by atoms with Gasteiger partial charge in [-0.1, -0.05) is 0 Å². The fourth-order valence-corrected chi connectivity index (χ4v) is 4.62. The van der Waals surface area contributed by atoms with E-state index < -0.39 is 0 Å². The molecule has 0 aromatic heterocycles. The van der Waals surface area contributed by atoms with Crippen LogP contribution in [0.2, 0.25) is 0 Å². The number of amides is 1. The Labute approximate surface area is 114 Å². The van der Waals surface area contributed by atoms with E-state index in [1.807, 2.05) is 0 Å². The second-order valence-corrected chi connectivity index (χ2v) is 6.60. The maximum absolute atomic E-state index is 11.5. The molecular weight excluding hydrogens is 240 g/mol. The molecule has 1 amide bonds. The Balaban J connectivity index is 1.46. The Bertz CT molecular complexity index is 374. The van der Waals surface area contributed by atoms with Crippen molar-refractivity contribution in [2.24, 2.45) is 5.92 Å². The van der Waals surface area contributed by atoms with Crippen LogP contribution in [-0.2, 0) is 4.79 Å². The molecule has 106 valence electrons. The van der Waals surface area contributed by atoms with Crippen LogP contribution in [0.3, 0.4) is 0 Å². The van der Waals surface area contributed by atoms with Crippen LogP contribution in [0.1, 0.15) is 25.7 Å². The predicted octanol–water partition coefficient (Wildman–Crippen LogP) is -0.409. The summed E-state index contributed by atoms with van der Waals surface area (Å²) < 4.78 is 0. The first kappa shape index (κ1) is 12.1. The second kappa shape index (κ2) is 4.72. The highest BCUT2D eigenvalue weighted by atomic mass is 16.2. The molecule has 5 nitrogen and oxygen atoms in total. The summed E-state index contributed by atoms with van der Waals surface area (Å²) in [5.74, 6) is 0.895. The number of fused-ring (bicyclic) bond motifs is 2. The molecule has 0 aromatic carbocycles. The zero-order valence-corrected chi connectivity index (χ0v) is 11.5.